The van der Waals surface area contributed by atoms with Crippen molar-refractivity contribution in [1.29, 1.82) is 0 Å². The molecule has 1 aromatic heterocycles. The fourth-order valence-corrected chi connectivity index (χ4v) is 2.29. The van der Waals surface area contributed by atoms with Gasteiger partial charge in [0.25, 0.3) is 0 Å². The average Bonchev–Trinajstić information content (AvgIpc) is 2.46. The minimum Gasteiger partial charge on any atom is -0.358 e. The molecule has 6 heteroatoms. The topological polar surface area (TPSA) is 70.2 Å². The zero-order valence-electron chi connectivity index (χ0n) is 10.8. The second-order valence-corrected chi connectivity index (χ2v) is 4.38. The highest BCUT2D eigenvalue weighted by Crippen LogP contribution is 2.21. The molecule has 2 unspecified atom stereocenters. The van der Waals surface area contributed by atoms with Gasteiger partial charge in [-0.2, -0.15) is 0 Å². The largest absolute Gasteiger partial charge is 0.358 e. The minimum atomic E-state index is -0.152. The first-order valence-corrected chi connectivity index (χ1v) is 6.18. The molecule has 18 heavy (non-hydrogen) atoms. The molecule has 2 heterocycles. The summed E-state index contributed by atoms with van der Waals surface area (Å²) in [6.07, 6.45) is 5.10. The van der Waals surface area contributed by atoms with Gasteiger partial charge < -0.3 is 10.6 Å². The van der Waals surface area contributed by atoms with E-state index in [1.165, 1.54) is 0 Å². The summed E-state index contributed by atoms with van der Waals surface area (Å²) in [6.45, 7) is 4.45. The first-order chi connectivity index (χ1) is 8.74. The molecule has 1 aliphatic rings. The molecule has 2 atom stereocenters. The predicted molar refractivity (Wildman–Crippen MR) is 67.9 cm³/mol. The van der Waals surface area contributed by atoms with Crippen molar-refractivity contribution < 1.29 is 4.79 Å². The Balaban J connectivity index is 2.16. The number of hydrogen-bond acceptors (Lipinski definition) is 5. The number of likely N-dealkylation sites (N-methyl/N-ethyl adjacent to an activating group) is 1. The summed E-state index contributed by atoms with van der Waals surface area (Å²) in [5.41, 5.74) is 0.897. The second kappa shape index (κ2) is 5.88. The van der Waals surface area contributed by atoms with E-state index >= 15 is 0 Å². The van der Waals surface area contributed by atoms with Gasteiger partial charge in [-0.3, -0.25) is 19.7 Å². The van der Waals surface area contributed by atoms with Gasteiger partial charge in [0.15, 0.2) is 0 Å². The molecule has 0 aliphatic carbocycles. The maximum Gasteiger partial charge on any atom is 0.238 e. The van der Waals surface area contributed by atoms with Crippen LogP contribution >= 0.6 is 0 Å². The molecule has 98 valence electrons. The number of piperazine rings is 1. The zero-order valence-corrected chi connectivity index (χ0v) is 10.8. The summed E-state index contributed by atoms with van der Waals surface area (Å²) >= 11 is 0. The SMILES string of the molecule is CNC(=O)C1CNCCN1C(C)c1cnccn1. The lowest BCUT2D eigenvalue weighted by Crippen LogP contribution is -2.57. The Morgan fingerprint density at radius 2 is 2.44 bits per heavy atom. The van der Waals surface area contributed by atoms with E-state index in [-0.39, 0.29) is 18.0 Å². The minimum absolute atomic E-state index is 0.0398. The Labute approximate surface area is 107 Å². The van der Waals surface area contributed by atoms with Gasteiger partial charge in [-0.1, -0.05) is 0 Å². The van der Waals surface area contributed by atoms with Crippen molar-refractivity contribution in [2.45, 2.75) is 19.0 Å². The number of nitrogens with zero attached hydrogens (tertiary/aromatic N) is 3. The van der Waals surface area contributed by atoms with Gasteiger partial charge in [-0.15, -0.1) is 0 Å². The van der Waals surface area contributed by atoms with Gasteiger partial charge in [0.2, 0.25) is 5.91 Å². The molecular formula is C12H19N5O. The second-order valence-electron chi connectivity index (χ2n) is 4.38. The first kappa shape index (κ1) is 12.9. The van der Waals surface area contributed by atoms with Gasteiger partial charge in [0, 0.05) is 45.3 Å². The number of rotatable bonds is 3. The molecule has 2 N–H and O–H groups in total. The molecule has 0 spiro atoms. The van der Waals surface area contributed by atoms with Crippen molar-refractivity contribution in [3.05, 3.63) is 24.3 Å². The van der Waals surface area contributed by atoms with Crippen molar-refractivity contribution in [3.8, 4) is 0 Å². The highest BCUT2D eigenvalue weighted by Gasteiger charge is 2.32. The van der Waals surface area contributed by atoms with Gasteiger partial charge in [-0.05, 0) is 6.92 Å². The van der Waals surface area contributed by atoms with E-state index in [0.717, 1.165) is 18.8 Å². The number of carbonyl (C=O) groups is 1. The first-order valence-electron chi connectivity index (χ1n) is 6.18. The zero-order chi connectivity index (χ0) is 13.0. The highest BCUT2D eigenvalue weighted by molar-refractivity contribution is 5.81. The fourth-order valence-electron chi connectivity index (χ4n) is 2.29. The van der Waals surface area contributed by atoms with Crippen LogP contribution in [-0.2, 0) is 4.79 Å². The van der Waals surface area contributed by atoms with Crippen molar-refractivity contribution in [1.82, 2.24) is 25.5 Å². The Hall–Kier alpha value is -1.53. The number of amides is 1. The van der Waals surface area contributed by atoms with Crippen LogP contribution in [0.5, 0.6) is 0 Å². The number of nitrogens with one attached hydrogen (secondary N) is 2. The Bertz CT molecular complexity index is 397. The van der Waals surface area contributed by atoms with Crippen molar-refractivity contribution in [2.24, 2.45) is 0 Å². The van der Waals surface area contributed by atoms with E-state index in [9.17, 15) is 4.79 Å². The molecule has 6 nitrogen and oxygen atoms in total. The molecule has 1 amide bonds. The van der Waals surface area contributed by atoms with E-state index in [1.807, 2.05) is 0 Å². The third-order valence-corrected chi connectivity index (χ3v) is 3.34. The van der Waals surface area contributed by atoms with E-state index in [2.05, 4.69) is 32.4 Å². The van der Waals surface area contributed by atoms with E-state index in [1.54, 1.807) is 25.6 Å². The molecule has 1 aliphatic heterocycles. The summed E-state index contributed by atoms with van der Waals surface area (Å²) in [5.74, 6) is 0.0398. The van der Waals surface area contributed by atoms with Crippen molar-refractivity contribution >= 4 is 5.91 Å². The summed E-state index contributed by atoms with van der Waals surface area (Å²) in [6, 6.07) is -0.0659. The molecule has 0 aromatic carbocycles. The van der Waals surface area contributed by atoms with Gasteiger partial charge in [-0.25, -0.2) is 0 Å². The lowest BCUT2D eigenvalue weighted by atomic mass is 10.1. The van der Waals surface area contributed by atoms with E-state index < -0.39 is 0 Å². The lowest BCUT2D eigenvalue weighted by molar-refractivity contribution is -0.127. The Morgan fingerprint density at radius 3 is 3.11 bits per heavy atom. The Morgan fingerprint density at radius 1 is 1.61 bits per heavy atom. The average molecular weight is 249 g/mol. The predicted octanol–water partition coefficient (Wildman–Crippen LogP) is -0.443. The molecule has 1 aromatic rings. The van der Waals surface area contributed by atoms with Crippen LogP contribution in [0.4, 0.5) is 0 Å². The standard InChI is InChI=1S/C12H19N5O/c1-9(10-7-14-3-4-16-10)17-6-5-15-8-11(17)12(18)13-2/h3-4,7,9,11,15H,5-6,8H2,1-2H3,(H,13,18). The molecule has 2 rings (SSSR count). The summed E-state index contributed by atoms with van der Waals surface area (Å²) < 4.78 is 0. The van der Waals surface area contributed by atoms with Crippen LogP contribution in [0, 0.1) is 0 Å². The smallest absolute Gasteiger partial charge is 0.238 e. The summed E-state index contributed by atoms with van der Waals surface area (Å²) in [7, 11) is 1.67. The van der Waals surface area contributed by atoms with Crippen molar-refractivity contribution in [2.75, 3.05) is 26.7 Å². The molecule has 1 fully saturated rings. The van der Waals surface area contributed by atoms with Gasteiger partial charge in [0.1, 0.15) is 6.04 Å². The molecule has 0 radical (unpaired) electrons. The fraction of sp³-hybridized carbons (Fsp3) is 0.583. The highest BCUT2D eigenvalue weighted by atomic mass is 16.2. The van der Waals surface area contributed by atoms with E-state index in [0.29, 0.717) is 6.54 Å². The van der Waals surface area contributed by atoms with E-state index in [4.69, 9.17) is 0 Å². The summed E-state index contributed by atoms with van der Waals surface area (Å²) in [5, 5.41) is 5.96. The van der Waals surface area contributed by atoms with Gasteiger partial charge >= 0.3 is 0 Å². The maximum absolute atomic E-state index is 11.9. The maximum atomic E-state index is 11.9. The van der Waals surface area contributed by atoms with Gasteiger partial charge in [0.05, 0.1) is 11.7 Å². The molecule has 0 bridgehead atoms. The van der Waals surface area contributed by atoms with Crippen LogP contribution in [0.25, 0.3) is 0 Å². The van der Waals surface area contributed by atoms with Crippen LogP contribution in [0.1, 0.15) is 18.7 Å². The molecular weight excluding hydrogens is 230 g/mol. The number of aromatic nitrogens is 2. The quantitative estimate of drug-likeness (QED) is 0.760. The van der Waals surface area contributed by atoms with Crippen molar-refractivity contribution in [3.63, 3.8) is 0 Å². The normalized spacial score (nSPS) is 22.4. The Kier molecular flexibility index (Phi) is 4.22. The number of hydrogen-bond donors (Lipinski definition) is 2. The monoisotopic (exact) mass is 249 g/mol. The lowest BCUT2D eigenvalue weighted by Gasteiger charge is -2.38. The summed E-state index contributed by atoms with van der Waals surface area (Å²) in [4.78, 5) is 22.5. The van der Waals surface area contributed by atoms with Crippen LogP contribution < -0.4 is 10.6 Å². The molecule has 0 saturated carbocycles. The van der Waals surface area contributed by atoms with Crippen LogP contribution in [0.3, 0.4) is 0 Å². The van der Waals surface area contributed by atoms with Crippen LogP contribution in [-0.4, -0.2) is 53.5 Å². The van der Waals surface area contributed by atoms with Crippen LogP contribution in [0.2, 0.25) is 0 Å². The number of carbonyl (C=O) groups excluding carboxylic acids is 1. The third-order valence-electron chi connectivity index (χ3n) is 3.34. The van der Waals surface area contributed by atoms with Crippen LogP contribution in [0.15, 0.2) is 18.6 Å². The third kappa shape index (κ3) is 2.65. The molecule has 1 saturated heterocycles.